The average Bonchev–Trinajstić information content (AvgIpc) is 3.00. The van der Waals surface area contributed by atoms with Gasteiger partial charge in [-0.2, -0.15) is 18.3 Å². The summed E-state index contributed by atoms with van der Waals surface area (Å²) in [5.41, 5.74) is -3.79. The highest BCUT2D eigenvalue weighted by molar-refractivity contribution is 8.00. The Morgan fingerprint density at radius 3 is 2.50 bits per heavy atom. The number of hydrogen-bond donors (Lipinski definition) is 2. The monoisotopic (exact) mass is 413 g/mol. The summed E-state index contributed by atoms with van der Waals surface area (Å²) < 4.78 is 47.5. The van der Waals surface area contributed by atoms with Crippen LogP contribution < -0.4 is 5.32 Å². The first-order valence-corrected chi connectivity index (χ1v) is 8.69. The molecule has 1 aliphatic rings. The van der Waals surface area contributed by atoms with E-state index in [1.165, 1.54) is 38.1 Å². The lowest BCUT2D eigenvalue weighted by Crippen LogP contribution is -2.42. The molecule has 0 unspecified atom stereocenters. The molecular formula is C17H14F3N3O4S. The first-order chi connectivity index (χ1) is 13.0. The molecule has 2 aromatic rings. The van der Waals surface area contributed by atoms with Crippen LogP contribution >= 0.6 is 11.8 Å². The van der Waals surface area contributed by atoms with E-state index < -0.39 is 23.2 Å². The predicted molar refractivity (Wildman–Crippen MR) is 93.9 cm³/mol. The van der Waals surface area contributed by atoms with E-state index in [1.807, 2.05) is 0 Å². The van der Waals surface area contributed by atoms with Crippen molar-refractivity contribution in [3.63, 3.8) is 0 Å². The van der Waals surface area contributed by atoms with Crippen LogP contribution in [-0.4, -0.2) is 33.4 Å². The van der Waals surface area contributed by atoms with Crippen molar-refractivity contribution in [3.05, 3.63) is 42.1 Å². The number of H-pyrrole nitrogens is 1. The Kier molecular flexibility index (Phi) is 5.11. The molecule has 0 saturated carbocycles. The molecule has 0 amide bonds. The van der Waals surface area contributed by atoms with Crippen LogP contribution in [0.25, 0.3) is 11.3 Å². The van der Waals surface area contributed by atoms with E-state index in [9.17, 15) is 22.8 Å². The number of cyclic esters (lactones) is 2. The summed E-state index contributed by atoms with van der Waals surface area (Å²) in [6.07, 6.45) is 1.09. The fourth-order valence-electron chi connectivity index (χ4n) is 2.33. The molecule has 1 aliphatic heterocycles. The largest absolute Gasteiger partial charge is 0.446 e. The topological polar surface area (TPSA) is 93.3 Å². The van der Waals surface area contributed by atoms with Gasteiger partial charge in [0.2, 0.25) is 0 Å². The quantitative estimate of drug-likeness (QED) is 0.341. The smallest absolute Gasteiger partial charge is 0.419 e. The Bertz CT molecular complexity index is 931. The van der Waals surface area contributed by atoms with Crippen molar-refractivity contribution in [2.45, 2.75) is 30.0 Å². The molecule has 3 rings (SSSR count). The Hall–Kier alpha value is -2.95. The predicted octanol–water partition coefficient (Wildman–Crippen LogP) is 3.82. The highest BCUT2D eigenvalue weighted by atomic mass is 32.2. The third-order valence-electron chi connectivity index (χ3n) is 3.44. The number of rotatable bonds is 4. The maximum Gasteiger partial charge on any atom is 0.446 e. The highest BCUT2D eigenvalue weighted by Crippen LogP contribution is 2.38. The zero-order chi connectivity index (χ0) is 20.5. The van der Waals surface area contributed by atoms with Crippen molar-refractivity contribution in [1.82, 2.24) is 10.2 Å². The molecule has 1 aromatic carbocycles. The van der Waals surface area contributed by atoms with Crippen LogP contribution in [0.5, 0.6) is 0 Å². The molecule has 2 N–H and O–H groups in total. The van der Waals surface area contributed by atoms with Gasteiger partial charge in [0.25, 0.3) is 5.79 Å². The molecule has 11 heteroatoms. The van der Waals surface area contributed by atoms with E-state index >= 15 is 0 Å². The third-order valence-corrected chi connectivity index (χ3v) is 4.16. The second-order valence-electron chi connectivity index (χ2n) is 6.12. The summed E-state index contributed by atoms with van der Waals surface area (Å²) in [5.74, 6) is -2.80. The highest BCUT2D eigenvalue weighted by Gasteiger charge is 2.39. The molecule has 2 heterocycles. The number of aromatic amines is 1. The van der Waals surface area contributed by atoms with Crippen LogP contribution in [0.3, 0.4) is 0 Å². The zero-order valence-corrected chi connectivity index (χ0v) is 15.4. The second-order valence-corrected chi connectivity index (χ2v) is 7.26. The maximum atomic E-state index is 12.5. The molecule has 28 heavy (non-hydrogen) atoms. The van der Waals surface area contributed by atoms with E-state index in [-0.39, 0.29) is 28.0 Å². The summed E-state index contributed by atoms with van der Waals surface area (Å²) >= 11 is -0.217. The van der Waals surface area contributed by atoms with Crippen LogP contribution in [0, 0.1) is 0 Å². The number of anilines is 1. The van der Waals surface area contributed by atoms with Crippen LogP contribution in [0.2, 0.25) is 0 Å². The fraction of sp³-hybridized carbons (Fsp3) is 0.235. The first-order valence-electron chi connectivity index (χ1n) is 7.87. The van der Waals surface area contributed by atoms with Gasteiger partial charge in [-0.1, -0.05) is 12.1 Å². The molecule has 0 radical (unpaired) electrons. The van der Waals surface area contributed by atoms with Crippen molar-refractivity contribution < 1.29 is 32.2 Å². The standard InChI is InChI=1S/C17H14F3N3O4S/c1-16(2)26-14(24)11(15(25)27-16)8-21-13-7-12(22-23-13)9-4-3-5-10(6-9)28-17(18,19)20/h3-8H,1-2H3,(H2,21,22,23). The minimum Gasteiger partial charge on any atom is -0.419 e. The third kappa shape index (κ3) is 4.85. The molecule has 1 saturated heterocycles. The lowest BCUT2D eigenvalue weighted by molar-refractivity contribution is -0.222. The number of nitrogens with zero attached hydrogens (tertiary/aromatic N) is 1. The number of ether oxygens (including phenoxy) is 2. The lowest BCUT2D eigenvalue weighted by Gasteiger charge is -2.29. The van der Waals surface area contributed by atoms with Gasteiger partial charge >= 0.3 is 17.4 Å². The maximum absolute atomic E-state index is 12.5. The van der Waals surface area contributed by atoms with E-state index in [2.05, 4.69) is 15.5 Å². The summed E-state index contributed by atoms with van der Waals surface area (Å²) in [4.78, 5) is 23.8. The molecule has 7 nitrogen and oxygen atoms in total. The summed E-state index contributed by atoms with van der Waals surface area (Å²) in [7, 11) is 0. The van der Waals surface area contributed by atoms with Crippen molar-refractivity contribution in [2.24, 2.45) is 0 Å². The summed E-state index contributed by atoms with van der Waals surface area (Å²) in [6.45, 7) is 2.86. The molecular weight excluding hydrogens is 399 g/mol. The van der Waals surface area contributed by atoms with Gasteiger partial charge in [-0.05, 0) is 23.9 Å². The minimum absolute atomic E-state index is 0.0338. The Morgan fingerprint density at radius 2 is 1.86 bits per heavy atom. The van der Waals surface area contributed by atoms with Gasteiger partial charge in [0.15, 0.2) is 11.4 Å². The van der Waals surface area contributed by atoms with Crippen molar-refractivity contribution >= 4 is 29.5 Å². The number of benzene rings is 1. The van der Waals surface area contributed by atoms with Crippen LogP contribution in [0.4, 0.5) is 19.0 Å². The van der Waals surface area contributed by atoms with Gasteiger partial charge in [-0.25, -0.2) is 9.59 Å². The lowest BCUT2D eigenvalue weighted by atomic mass is 10.1. The summed E-state index contributed by atoms with van der Waals surface area (Å²) in [5, 5.41) is 9.27. The van der Waals surface area contributed by atoms with Gasteiger partial charge in [-0.15, -0.1) is 0 Å². The molecule has 1 fully saturated rings. The SMILES string of the molecule is CC1(C)OC(=O)C(=CNc2cc(-c3cccc(SC(F)(F)F)c3)[nH]n2)C(=O)O1. The van der Waals surface area contributed by atoms with E-state index in [4.69, 9.17) is 9.47 Å². The number of hydrogen-bond acceptors (Lipinski definition) is 7. The molecule has 1 aromatic heterocycles. The number of nitrogens with one attached hydrogen (secondary N) is 2. The van der Waals surface area contributed by atoms with Gasteiger partial charge in [0.05, 0.1) is 5.69 Å². The normalized spacial score (nSPS) is 16.4. The van der Waals surface area contributed by atoms with Crippen molar-refractivity contribution in [3.8, 4) is 11.3 Å². The Balaban J connectivity index is 1.74. The minimum atomic E-state index is -4.39. The van der Waals surface area contributed by atoms with Crippen LogP contribution in [0.15, 0.2) is 47.0 Å². The molecule has 148 valence electrons. The number of carbonyl (C=O) groups is 2. The fourth-order valence-corrected chi connectivity index (χ4v) is 2.93. The number of aromatic nitrogens is 2. The molecule has 0 atom stereocenters. The van der Waals surface area contributed by atoms with Gasteiger partial charge in [0, 0.05) is 36.6 Å². The first kappa shape index (κ1) is 19.8. The summed E-state index contributed by atoms with van der Waals surface area (Å²) in [6, 6.07) is 7.34. The number of thioether (sulfide) groups is 1. The average molecular weight is 413 g/mol. The van der Waals surface area contributed by atoms with E-state index in [0.717, 1.165) is 6.20 Å². The Morgan fingerprint density at radius 1 is 1.18 bits per heavy atom. The van der Waals surface area contributed by atoms with Gasteiger partial charge < -0.3 is 14.8 Å². The number of alkyl halides is 3. The molecule has 0 aliphatic carbocycles. The Labute approximate surface area is 161 Å². The van der Waals surface area contributed by atoms with Gasteiger partial charge in [-0.3, -0.25) is 5.10 Å². The van der Waals surface area contributed by atoms with Crippen LogP contribution in [-0.2, 0) is 19.1 Å². The second kappa shape index (κ2) is 7.23. The zero-order valence-electron chi connectivity index (χ0n) is 14.6. The van der Waals surface area contributed by atoms with Crippen molar-refractivity contribution in [2.75, 3.05) is 5.32 Å². The van der Waals surface area contributed by atoms with E-state index in [1.54, 1.807) is 6.07 Å². The number of carbonyl (C=O) groups excluding carboxylic acids is 2. The van der Waals surface area contributed by atoms with Crippen LogP contribution in [0.1, 0.15) is 13.8 Å². The number of halogens is 3. The van der Waals surface area contributed by atoms with Crippen molar-refractivity contribution in [1.29, 1.82) is 0 Å². The molecule has 0 spiro atoms. The molecule has 0 bridgehead atoms. The van der Waals surface area contributed by atoms with Gasteiger partial charge in [0.1, 0.15) is 0 Å². The van der Waals surface area contributed by atoms with E-state index in [0.29, 0.717) is 11.3 Å². The number of esters is 2.